The second kappa shape index (κ2) is 6.85. The normalized spacial score (nSPS) is 18.8. The monoisotopic (exact) mass is 295 g/mol. The quantitative estimate of drug-likeness (QED) is 0.778. The molecule has 0 atom stereocenters. The van der Waals surface area contributed by atoms with Gasteiger partial charge in [-0.15, -0.1) is 0 Å². The third kappa shape index (κ3) is 4.70. The zero-order valence-corrected chi connectivity index (χ0v) is 12.9. The van der Waals surface area contributed by atoms with Crippen LogP contribution in [0.1, 0.15) is 13.8 Å². The summed E-state index contributed by atoms with van der Waals surface area (Å²) in [6.07, 6.45) is 0. The van der Waals surface area contributed by atoms with Crippen molar-refractivity contribution in [3.63, 3.8) is 0 Å². The van der Waals surface area contributed by atoms with Crippen molar-refractivity contribution >= 4 is 24.3 Å². The van der Waals surface area contributed by atoms with Gasteiger partial charge in [0.25, 0.3) is 0 Å². The van der Waals surface area contributed by atoms with Crippen LogP contribution in [-0.4, -0.2) is 58.8 Å². The number of hydrogen-bond acceptors (Lipinski definition) is 5. The van der Waals surface area contributed by atoms with Crippen molar-refractivity contribution in [1.82, 2.24) is 4.90 Å². The molecule has 110 valence electrons. The van der Waals surface area contributed by atoms with Gasteiger partial charge in [-0.1, -0.05) is 12.1 Å². The van der Waals surface area contributed by atoms with Gasteiger partial charge in [0.2, 0.25) is 0 Å². The van der Waals surface area contributed by atoms with Gasteiger partial charge in [0.1, 0.15) is 12.4 Å². The standard InChI is InChI=1S/C14H22BNO3S/c1-14(2)11-16(8-10-20-14)7-9-19-13-5-3-12(4-6-13)15(17)18/h3-6,17-18H,7-11H2,1-2H3. The average molecular weight is 295 g/mol. The number of nitrogens with zero attached hydrogens (tertiary/aromatic N) is 1. The van der Waals surface area contributed by atoms with E-state index in [1.54, 1.807) is 24.3 Å². The molecule has 1 aliphatic heterocycles. The molecule has 1 fully saturated rings. The van der Waals surface area contributed by atoms with E-state index in [2.05, 4.69) is 18.7 Å². The van der Waals surface area contributed by atoms with Gasteiger partial charge in [-0.3, -0.25) is 4.90 Å². The molecule has 0 amide bonds. The van der Waals surface area contributed by atoms with Gasteiger partial charge in [-0.25, -0.2) is 0 Å². The minimum Gasteiger partial charge on any atom is -0.492 e. The number of ether oxygens (including phenoxy) is 1. The molecule has 2 rings (SSSR count). The van der Waals surface area contributed by atoms with Gasteiger partial charge in [0.15, 0.2) is 0 Å². The van der Waals surface area contributed by atoms with Crippen LogP contribution in [0.5, 0.6) is 5.75 Å². The Balaban J connectivity index is 1.75. The lowest BCUT2D eigenvalue weighted by molar-refractivity contribution is 0.202. The molecule has 0 bridgehead atoms. The summed E-state index contributed by atoms with van der Waals surface area (Å²) >= 11 is 2.03. The van der Waals surface area contributed by atoms with Crippen LogP contribution in [0, 0.1) is 0 Å². The van der Waals surface area contributed by atoms with E-state index >= 15 is 0 Å². The van der Waals surface area contributed by atoms with Gasteiger partial charge in [0.05, 0.1) is 0 Å². The van der Waals surface area contributed by atoms with Crippen LogP contribution in [-0.2, 0) is 0 Å². The van der Waals surface area contributed by atoms with Gasteiger partial charge in [-0.2, -0.15) is 11.8 Å². The minimum absolute atomic E-state index is 0.331. The summed E-state index contributed by atoms with van der Waals surface area (Å²) in [5.74, 6) is 1.94. The Morgan fingerprint density at radius 2 is 2.00 bits per heavy atom. The van der Waals surface area contributed by atoms with Crippen LogP contribution in [0.3, 0.4) is 0 Å². The molecule has 2 N–H and O–H groups in total. The van der Waals surface area contributed by atoms with Crippen LogP contribution in [0.4, 0.5) is 0 Å². The molecule has 4 nitrogen and oxygen atoms in total. The fourth-order valence-corrected chi connectivity index (χ4v) is 3.51. The lowest BCUT2D eigenvalue weighted by atomic mass is 9.80. The van der Waals surface area contributed by atoms with Crippen molar-refractivity contribution in [1.29, 1.82) is 0 Å². The van der Waals surface area contributed by atoms with Crippen molar-refractivity contribution in [2.75, 3.05) is 32.0 Å². The molecule has 1 aromatic carbocycles. The minimum atomic E-state index is -1.42. The molecule has 0 aromatic heterocycles. The zero-order valence-electron chi connectivity index (χ0n) is 12.1. The Bertz CT molecular complexity index is 425. The lowest BCUT2D eigenvalue weighted by Crippen LogP contribution is -2.44. The Kier molecular flexibility index (Phi) is 5.38. The molecule has 6 heteroatoms. The first kappa shape index (κ1) is 15.7. The largest absolute Gasteiger partial charge is 0.492 e. The van der Waals surface area contributed by atoms with Crippen molar-refractivity contribution in [2.45, 2.75) is 18.6 Å². The van der Waals surface area contributed by atoms with E-state index in [0.717, 1.165) is 25.4 Å². The first-order valence-corrected chi connectivity index (χ1v) is 7.90. The summed E-state index contributed by atoms with van der Waals surface area (Å²) in [7, 11) is -1.42. The number of benzene rings is 1. The second-order valence-corrected chi connectivity index (χ2v) is 7.48. The van der Waals surface area contributed by atoms with E-state index in [1.165, 1.54) is 5.75 Å². The van der Waals surface area contributed by atoms with E-state index < -0.39 is 7.12 Å². The molecule has 1 saturated heterocycles. The predicted octanol–water partition coefficient (Wildman–Crippen LogP) is 0.573. The fourth-order valence-electron chi connectivity index (χ4n) is 2.33. The molecule has 0 spiro atoms. The molecule has 20 heavy (non-hydrogen) atoms. The Morgan fingerprint density at radius 3 is 2.60 bits per heavy atom. The van der Waals surface area contributed by atoms with Crippen molar-refractivity contribution in [3.8, 4) is 5.75 Å². The Morgan fingerprint density at radius 1 is 1.30 bits per heavy atom. The molecule has 0 saturated carbocycles. The first-order chi connectivity index (χ1) is 9.46. The topological polar surface area (TPSA) is 52.9 Å². The van der Waals surface area contributed by atoms with Crippen molar-refractivity contribution in [3.05, 3.63) is 24.3 Å². The maximum absolute atomic E-state index is 9.02. The summed E-state index contributed by atoms with van der Waals surface area (Å²) in [6.45, 7) is 8.35. The van der Waals surface area contributed by atoms with Gasteiger partial charge < -0.3 is 14.8 Å². The highest BCUT2D eigenvalue weighted by molar-refractivity contribution is 8.00. The summed E-state index contributed by atoms with van der Waals surface area (Å²) in [4.78, 5) is 2.43. The molecular weight excluding hydrogens is 273 g/mol. The highest BCUT2D eigenvalue weighted by atomic mass is 32.2. The fraction of sp³-hybridized carbons (Fsp3) is 0.571. The van der Waals surface area contributed by atoms with E-state index in [4.69, 9.17) is 14.8 Å². The predicted molar refractivity (Wildman–Crippen MR) is 84.7 cm³/mol. The summed E-state index contributed by atoms with van der Waals surface area (Å²) < 4.78 is 6.03. The smallest absolute Gasteiger partial charge is 0.488 e. The lowest BCUT2D eigenvalue weighted by Gasteiger charge is -2.37. The highest BCUT2D eigenvalue weighted by Crippen LogP contribution is 2.29. The molecular formula is C14H22BNO3S. The third-order valence-corrected chi connectivity index (χ3v) is 4.66. The highest BCUT2D eigenvalue weighted by Gasteiger charge is 2.26. The first-order valence-electron chi connectivity index (χ1n) is 6.91. The zero-order chi connectivity index (χ0) is 14.6. The number of rotatable bonds is 5. The molecule has 0 aliphatic carbocycles. The number of thioether (sulfide) groups is 1. The van der Waals surface area contributed by atoms with Crippen LogP contribution in [0.2, 0.25) is 0 Å². The SMILES string of the molecule is CC1(C)CN(CCOc2ccc(B(O)O)cc2)CCS1. The summed E-state index contributed by atoms with van der Waals surface area (Å²) in [5, 5.41) is 18.0. The number of hydrogen-bond donors (Lipinski definition) is 2. The van der Waals surface area contributed by atoms with Gasteiger partial charge in [0, 0.05) is 30.1 Å². The van der Waals surface area contributed by atoms with Crippen molar-refractivity contribution in [2.24, 2.45) is 0 Å². The molecule has 0 unspecified atom stereocenters. The molecule has 0 radical (unpaired) electrons. The molecule has 1 aliphatic rings. The molecule has 1 heterocycles. The van der Waals surface area contributed by atoms with Crippen LogP contribution >= 0.6 is 11.8 Å². The van der Waals surface area contributed by atoms with Gasteiger partial charge >= 0.3 is 7.12 Å². The van der Waals surface area contributed by atoms with Crippen LogP contribution in [0.15, 0.2) is 24.3 Å². The van der Waals surface area contributed by atoms with Crippen LogP contribution < -0.4 is 10.2 Å². The second-order valence-electron chi connectivity index (χ2n) is 5.68. The van der Waals surface area contributed by atoms with Gasteiger partial charge in [-0.05, 0) is 31.4 Å². The summed E-state index contributed by atoms with van der Waals surface area (Å²) in [6, 6.07) is 6.87. The van der Waals surface area contributed by atoms with E-state index in [-0.39, 0.29) is 0 Å². The van der Waals surface area contributed by atoms with E-state index in [0.29, 0.717) is 16.8 Å². The van der Waals surface area contributed by atoms with Crippen LogP contribution in [0.25, 0.3) is 0 Å². The van der Waals surface area contributed by atoms with E-state index in [9.17, 15) is 0 Å². The Labute approximate surface area is 125 Å². The maximum Gasteiger partial charge on any atom is 0.488 e. The molecule has 1 aromatic rings. The van der Waals surface area contributed by atoms with Crippen molar-refractivity contribution < 1.29 is 14.8 Å². The Hall–Kier alpha value is -0.685. The summed E-state index contributed by atoms with van der Waals surface area (Å²) in [5.41, 5.74) is 0.479. The third-order valence-electron chi connectivity index (χ3n) is 3.36. The average Bonchev–Trinajstić information content (AvgIpc) is 2.38. The van der Waals surface area contributed by atoms with E-state index in [1.807, 2.05) is 11.8 Å². The maximum atomic E-state index is 9.02.